The smallest absolute Gasteiger partial charge is 0.459 e. The number of nitrogens with zero attached hydrogens (tertiary/aromatic N) is 3. The number of carbonyl (C=O) groups is 1. The standard InChI is InChI=1S/C36H46N5O6P/c1-9-44-21-29-39-31-32(27-16-12-13-17-28(27)38-33(31)37)41(29)36(7,8)22-45-48(43,40-30(23(2)3)34(42)46-35(4,5)6)47-26-19-18-24-14-10-11-15-25(24)20-26/h10-20,23,30H,9,21-22H2,1-8H3,(H2,37,38)(H,40,43)/t30-,48?/m0/s1. The molecule has 5 rings (SSSR count). The highest BCUT2D eigenvalue weighted by atomic mass is 31.2. The average Bonchev–Trinajstić information content (AvgIpc) is 3.42. The average molecular weight is 676 g/mol. The summed E-state index contributed by atoms with van der Waals surface area (Å²) in [7, 11) is -4.25. The topological polar surface area (TPSA) is 140 Å². The van der Waals surface area contributed by atoms with Crippen LogP contribution in [-0.2, 0) is 35.5 Å². The van der Waals surface area contributed by atoms with E-state index >= 15 is 0 Å². The van der Waals surface area contributed by atoms with Crippen molar-refractivity contribution in [3.63, 3.8) is 0 Å². The maximum Gasteiger partial charge on any atom is 0.459 e. The number of carbonyl (C=O) groups excluding carboxylic acids is 1. The maximum absolute atomic E-state index is 14.9. The van der Waals surface area contributed by atoms with Crippen LogP contribution in [-0.4, -0.2) is 45.4 Å². The lowest BCUT2D eigenvalue weighted by molar-refractivity contribution is -0.158. The van der Waals surface area contributed by atoms with Crippen molar-refractivity contribution in [1.82, 2.24) is 19.6 Å². The number of nitrogens with two attached hydrogens (primary N) is 1. The molecule has 0 spiro atoms. The first-order chi connectivity index (χ1) is 22.6. The van der Waals surface area contributed by atoms with Gasteiger partial charge in [-0.15, -0.1) is 0 Å². The summed E-state index contributed by atoms with van der Waals surface area (Å²) in [6, 6.07) is 19.9. The molecule has 0 radical (unpaired) electrons. The molecule has 2 atom stereocenters. The molecule has 12 heteroatoms. The minimum absolute atomic E-state index is 0.106. The second kappa shape index (κ2) is 13.8. The Morgan fingerprint density at radius 3 is 2.35 bits per heavy atom. The molecule has 0 aliphatic heterocycles. The molecule has 1 unspecified atom stereocenters. The number of hydrogen-bond acceptors (Lipinski definition) is 9. The number of nitrogens with one attached hydrogen (secondary N) is 1. The number of aromatic nitrogens is 3. The van der Waals surface area contributed by atoms with Gasteiger partial charge in [-0.25, -0.2) is 14.5 Å². The molecule has 0 aliphatic rings. The Labute approximate surface area is 281 Å². The fourth-order valence-corrected chi connectivity index (χ4v) is 7.36. The van der Waals surface area contributed by atoms with E-state index in [4.69, 9.17) is 29.2 Å². The Morgan fingerprint density at radius 1 is 0.979 bits per heavy atom. The van der Waals surface area contributed by atoms with Crippen LogP contribution in [0.25, 0.3) is 32.7 Å². The molecule has 5 aromatic rings. The van der Waals surface area contributed by atoms with Gasteiger partial charge >= 0.3 is 13.7 Å². The molecule has 256 valence electrons. The Balaban J connectivity index is 1.56. The molecule has 11 nitrogen and oxygen atoms in total. The van der Waals surface area contributed by atoms with Gasteiger partial charge in [0.05, 0.1) is 23.2 Å². The SMILES string of the molecule is CCOCc1nc2c(N)nc3ccccc3c2n1C(C)(C)COP(=O)(N[C@H](C(=O)OC(C)(C)C)C(C)C)Oc1ccc2ccccc2c1. The van der Waals surface area contributed by atoms with Gasteiger partial charge in [-0.1, -0.05) is 62.4 Å². The van der Waals surface area contributed by atoms with E-state index < -0.39 is 30.9 Å². The van der Waals surface area contributed by atoms with Gasteiger partial charge in [0.25, 0.3) is 0 Å². The molecule has 0 saturated carbocycles. The van der Waals surface area contributed by atoms with E-state index in [2.05, 4.69) is 10.1 Å². The van der Waals surface area contributed by atoms with Crippen molar-refractivity contribution in [3.8, 4) is 5.75 Å². The number of anilines is 1. The molecule has 0 fully saturated rings. The third-order valence-electron chi connectivity index (χ3n) is 7.79. The van der Waals surface area contributed by atoms with Crippen LogP contribution in [0.4, 0.5) is 5.82 Å². The van der Waals surface area contributed by atoms with E-state index in [1.165, 1.54) is 0 Å². The van der Waals surface area contributed by atoms with Gasteiger partial charge in [-0.2, -0.15) is 5.09 Å². The first-order valence-electron chi connectivity index (χ1n) is 16.2. The number of nitrogen functional groups attached to an aromatic ring is 1. The van der Waals surface area contributed by atoms with Gasteiger partial charge in [0.2, 0.25) is 0 Å². The maximum atomic E-state index is 14.9. The molecule has 2 heterocycles. The number of imidazole rings is 1. The van der Waals surface area contributed by atoms with Crippen molar-refractivity contribution < 1.29 is 27.9 Å². The lowest BCUT2D eigenvalue weighted by atomic mass is 10.1. The lowest BCUT2D eigenvalue weighted by Gasteiger charge is -2.33. The summed E-state index contributed by atoms with van der Waals surface area (Å²) in [4.78, 5) is 22.8. The van der Waals surface area contributed by atoms with Crippen molar-refractivity contribution in [2.45, 2.75) is 79.2 Å². The molecular weight excluding hydrogens is 629 g/mol. The van der Waals surface area contributed by atoms with E-state index in [1.54, 1.807) is 32.9 Å². The van der Waals surface area contributed by atoms with Crippen molar-refractivity contribution in [1.29, 1.82) is 0 Å². The summed E-state index contributed by atoms with van der Waals surface area (Å²) >= 11 is 0. The van der Waals surface area contributed by atoms with E-state index in [0.717, 1.165) is 21.7 Å². The van der Waals surface area contributed by atoms with Gasteiger partial charge in [0, 0.05) is 12.0 Å². The van der Waals surface area contributed by atoms with Gasteiger partial charge in [0.15, 0.2) is 5.82 Å². The predicted molar refractivity (Wildman–Crippen MR) is 190 cm³/mol. The Bertz CT molecular complexity index is 1980. The van der Waals surface area contributed by atoms with E-state index in [-0.39, 0.29) is 19.1 Å². The van der Waals surface area contributed by atoms with Crippen LogP contribution < -0.4 is 15.3 Å². The van der Waals surface area contributed by atoms with Crippen LogP contribution in [0.1, 0.15) is 61.2 Å². The fourth-order valence-electron chi connectivity index (χ4n) is 5.56. The number of ether oxygens (including phenoxy) is 2. The summed E-state index contributed by atoms with van der Waals surface area (Å²) in [5.74, 6) is 0.362. The zero-order chi connectivity index (χ0) is 34.9. The lowest BCUT2D eigenvalue weighted by Crippen LogP contribution is -2.44. The Kier molecular flexibility index (Phi) is 10.2. The molecule has 3 aromatic carbocycles. The van der Waals surface area contributed by atoms with Crippen LogP contribution in [0.5, 0.6) is 5.75 Å². The molecular formula is C36H46N5O6P. The highest BCUT2D eigenvalue weighted by Crippen LogP contribution is 2.48. The number of esters is 1. The molecule has 2 aromatic heterocycles. The van der Waals surface area contributed by atoms with E-state index in [9.17, 15) is 9.36 Å². The number of fused-ring (bicyclic) bond motifs is 4. The molecule has 0 aliphatic carbocycles. The van der Waals surface area contributed by atoms with Crippen molar-refractivity contribution >= 4 is 52.2 Å². The second-order valence-electron chi connectivity index (χ2n) is 13.8. The number of pyridine rings is 1. The third-order valence-corrected chi connectivity index (χ3v) is 9.30. The zero-order valence-corrected chi connectivity index (χ0v) is 29.8. The van der Waals surface area contributed by atoms with Crippen molar-refractivity contribution in [2.75, 3.05) is 18.9 Å². The molecule has 3 N–H and O–H groups in total. The summed E-state index contributed by atoms with van der Waals surface area (Å²) < 4.78 is 40.9. The van der Waals surface area contributed by atoms with Crippen LogP contribution in [0.2, 0.25) is 0 Å². The fraction of sp³-hybridized carbons (Fsp3) is 0.417. The molecule has 48 heavy (non-hydrogen) atoms. The van der Waals surface area contributed by atoms with Crippen LogP contribution in [0.15, 0.2) is 66.7 Å². The van der Waals surface area contributed by atoms with E-state index in [0.29, 0.717) is 35.0 Å². The highest BCUT2D eigenvalue weighted by molar-refractivity contribution is 7.52. The van der Waals surface area contributed by atoms with Gasteiger partial charge in [-0.3, -0.25) is 9.32 Å². The molecule has 0 bridgehead atoms. The summed E-state index contributed by atoms with van der Waals surface area (Å²) in [5.41, 5.74) is 6.81. The first-order valence-corrected chi connectivity index (χ1v) is 17.7. The minimum Gasteiger partial charge on any atom is -0.459 e. The third kappa shape index (κ3) is 7.81. The van der Waals surface area contributed by atoms with Crippen LogP contribution in [0, 0.1) is 5.92 Å². The zero-order valence-electron chi connectivity index (χ0n) is 28.9. The first kappa shape index (κ1) is 35.3. The highest BCUT2D eigenvalue weighted by Gasteiger charge is 2.40. The van der Waals surface area contributed by atoms with E-state index in [1.807, 2.05) is 93.8 Å². The number of para-hydroxylation sites is 1. The number of rotatable bonds is 13. The Morgan fingerprint density at radius 2 is 1.67 bits per heavy atom. The largest absolute Gasteiger partial charge is 0.459 e. The van der Waals surface area contributed by atoms with Crippen LogP contribution >= 0.6 is 7.75 Å². The van der Waals surface area contributed by atoms with Crippen molar-refractivity contribution in [2.24, 2.45) is 5.92 Å². The minimum atomic E-state index is -4.25. The van der Waals surface area contributed by atoms with Gasteiger partial charge in [0.1, 0.15) is 35.3 Å². The Hall–Kier alpha value is -4.02. The second-order valence-corrected chi connectivity index (χ2v) is 15.5. The molecule has 0 saturated heterocycles. The van der Waals surface area contributed by atoms with Gasteiger partial charge < -0.3 is 24.3 Å². The predicted octanol–water partition coefficient (Wildman–Crippen LogP) is 7.75. The number of hydrogen-bond donors (Lipinski definition) is 2. The summed E-state index contributed by atoms with van der Waals surface area (Å²) in [6.07, 6.45) is 0. The van der Waals surface area contributed by atoms with Gasteiger partial charge in [-0.05, 0) is 76.4 Å². The van der Waals surface area contributed by atoms with Crippen LogP contribution in [0.3, 0.4) is 0 Å². The summed E-state index contributed by atoms with van der Waals surface area (Å²) in [6.45, 7) is 15.4. The normalized spacial score (nSPS) is 14.4. The monoisotopic (exact) mass is 675 g/mol. The quantitative estimate of drug-likeness (QED) is 0.0940. The summed E-state index contributed by atoms with van der Waals surface area (Å²) in [5, 5.41) is 5.70. The number of benzene rings is 3. The molecule has 0 amide bonds. The van der Waals surface area contributed by atoms with Crippen molar-refractivity contribution in [3.05, 3.63) is 72.6 Å².